The van der Waals surface area contributed by atoms with Crippen LogP contribution in [0.2, 0.25) is 25.7 Å². The van der Waals surface area contributed by atoms with Crippen molar-refractivity contribution in [2.75, 3.05) is 6.61 Å². The first-order chi connectivity index (χ1) is 8.33. The second-order valence-electron chi connectivity index (χ2n) is 5.46. The smallest absolute Gasteiger partial charge is 0.338 e. The van der Waals surface area contributed by atoms with Crippen molar-refractivity contribution in [1.82, 2.24) is 0 Å². The molecule has 0 atom stereocenters. The molecule has 0 saturated heterocycles. The van der Waals surface area contributed by atoms with Crippen LogP contribution in [0, 0.1) is 0 Å². The van der Waals surface area contributed by atoms with Gasteiger partial charge in [-0.05, 0) is 19.1 Å². The molecule has 0 aromatic heterocycles. The zero-order valence-electron chi connectivity index (χ0n) is 11.4. The van der Waals surface area contributed by atoms with Gasteiger partial charge >= 0.3 is 5.97 Å². The van der Waals surface area contributed by atoms with Crippen LogP contribution >= 0.6 is 0 Å². The summed E-state index contributed by atoms with van der Waals surface area (Å²) in [5.74, 6) is -0.189. The van der Waals surface area contributed by atoms with Crippen LogP contribution in [0.5, 0.6) is 0 Å². The lowest BCUT2D eigenvalue weighted by atomic mass is 10.1. The summed E-state index contributed by atoms with van der Waals surface area (Å²) in [6.45, 7) is 8.62. The van der Waals surface area contributed by atoms with Crippen molar-refractivity contribution in [1.29, 1.82) is 0 Å². The minimum Gasteiger partial charge on any atom is -0.462 e. The molecule has 1 rings (SSSR count). The lowest BCUT2D eigenvalue weighted by Crippen LogP contribution is -2.23. The number of hydrogen-bond donors (Lipinski definition) is 0. The second kappa shape index (κ2) is 5.95. The topological polar surface area (TPSA) is 43.4 Å². The van der Waals surface area contributed by atoms with Gasteiger partial charge in [-0.25, -0.2) is 4.79 Å². The van der Waals surface area contributed by atoms with Gasteiger partial charge in [-0.15, -0.1) is 0 Å². The SMILES string of the molecule is CCOC(=O)c1ccc(C(=O)C[Si](C)(C)C)cc1. The number of carbonyl (C=O) groups is 2. The molecule has 0 radical (unpaired) electrons. The zero-order valence-corrected chi connectivity index (χ0v) is 12.4. The molecule has 18 heavy (non-hydrogen) atoms. The van der Waals surface area contributed by atoms with Gasteiger partial charge in [-0.3, -0.25) is 4.79 Å². The molecule has 1 aromatic rings. The Kier molecular flexibility index (Phi) is 4.84. The molecule has 0 unspecified atom stereocenters. The fourth-order valence-electron chi connectivity index (χ4n) is 1.59. The molecule has 0 aliphatic carbocycles. The highest BCUT2D eigenvalue weighted by Gasteiger charge is 2.19. The van der Waals surface area contributed by atoms with Gasteiger partial charge in [0, 0.05) is 11.6 Å². The molecule has 0 fully saturated rings. The number of hydrogen-bond acceptors (Lipinski definition) is 3. The molecule has 0 amide bonds. The minimum atomic E-state index is -1.39. The van der Waals surface area contributed by atoms with E-state index in [-0.39, 0.29) is 11.8 Å². The summed E-state index contributed by atoms with van der Waals surface area (Å²) in [7, 11) is -1.39. The number of ketones is 1. The molecule has 0 saturated carbocycles. The summed E-state index contributed by atoms with van der Waals surface area (Å²) >= 11 is 0. The van der Waals surface area contributed by atoms with Gasteiger partial charge in [-0.1, -0.05) is 31.8 Å². The zero-order chi connectivity index (χ0) is 13.8. The summed E-state index contributed by atoms with van der Waals surface area (Å²) in [5.41, 5.74) is 1.16. The van der Waals surface area contributed by atoms with Crippen LogP contribution in [0.3, 0.4) is 0 Å². The van der Waals surface area contributed by atoms with Crippen molar-refractivity contribution < 1.29 is 14.3 Å². The van der Waals surface area contributed by atoms with E-state index in [1.165, 1.54) is 0 Å². The molecule has 0 heterocycles. The monoisotopic (exact) mass is 264 g/mol. The molecule has 0 bridgehead atoms. The van der Waals surface area contributed by atoms with Crippen LogP contribution < -0.4 is 0 Å². The number of Topliss-reactive ketones (excluding diaryl/α,β-unsaturated/α-hetero) is 1. The molecule has 0 aliphatic rings. The molecule has 3 nitrogen and oxygen atoms in total. The molecule has 1 aromatic carbocycles. The van der Waals surface area contributed by atoms with Crippen LogP contribution in [0.4, 0.5) is 0 Å². The number of carbonyl (C=O) groups excluding carboxylic acids is 2. The van der Waals surface area contributed by atoms with Gasteiger partial charge in [0.2, 0.25) is 0 Å². The number of ether oxygens (including phenoxy) is 1. The molecule has 98 valence electrons. The van der Waals surface area contributed by atoms with Crippen molar-refractivity contribution >= 4 is 19.8 Å². The summed E-state index contributed by atoms with van der Waals surface area (Å²) in [4.78, 5) is 23.4. The Hall–Kier alpha value is -1.42. The van der Waals surface area contributed by atoms with Crippen molar-refractivity contribution in [3.8, 4) is 0 Å². The first kappa shape index (κ1) is 14.6. The number of benzene rings is 1. The van der Waals surface area contributed by atoms with Crippen LogP contribution in [-0.2, 0) is 4.74 Å². The summed E-state index contributed by atoms with van der Waals surface area (Å²) < 4.78 is 4.89. The Bertz CT molecular complexity index is 429. The van der Waals surface area contributed by atoms with E-state index in [4.69, 9.17) is 4.74 Å². The normalized spacial score (nSPS) is 11.1. The van der Waals surface area contributed by atoms with Gasteiger partial charge in [0.15, 0.2) is 5.78 Å². The fraction of sp³-hybridized carbons (Fsp3) is 0.429. The average Bonchev–Trinajstić information content (AvgIpc) is 2.27. The van der Waals surface area contributed by atoms with Crippen molar-refractivity contribution in [3.05, 3.63) is 35.4 Å². The molecule has 0 aliphatic heterocycles. The third-order valence-electron chi connectivity index (χ3n) is 2.41. The van der Waals surface area contributed by atoms with Gasteiger partial charge in [0.05, 0.1) is 20.2 Å². The van der Waals surface area contributed by atoms with Crippen LogP contribution in [0.25, 0.3) is 0 Å². The number of rotatable bonds is 5. The predicted octanol–water partition coefficient (Wildman–Crippen LogP) is 3.38. The Balaban J connectivity index is 2.77. The minimum absolute atomic E-state index is 0.157. The summed E-state index contributed by atoms with van der Waals surface area (Å²) in [5, 5.41) is 0. The fourth-order valence-corrected chi connectivity index (χ4v) is 2.76. The van der Waals surface area contributed by atoms with E-state index in [2.05, 4.69) is 19.6 Å². The lowest BCUT2D eigenvalue weighted by molar-refractivity contribution is 0.0526. The van der Waals surface area contributed by atoms with Crippen LogP contribution in [0.1, 0.15) is 27.6 Å². The average molecular weight is 264 g/mol. The van der Waals surface area contributed by atoms with E-state index in [0.717, 1.165) is 0 Å². The highest BCUT2D eigenvalue weighted by Crippen LogP contribution is 2.15. The quantitative estimate of drug-likeness (QED) is 0.465. The highest BCUT2D eigenvalue weighted by molar-refractivity contribution is 6.79. The Morgan fingerprint density at radius 1 is 1.06 bits per heavy atom. The predicted molar refractivity (Wildman–Crippen MR) is 74.9 cm³/mol. The van der Waals surface area contributed by atoms with Crippen molar-refractivity contribution in [2.45, 2.75) is 32.6 Å². The molecule has 0 spiro atoms. The highest BCUT2D eigenvalue weighted by atomic mass is 28.3. The van der Waals surface area contributed by atoms with Crippen LogP contribution in [-0.4, -0.2) is 26.4 Å². The standard InChI is InChI=1S/C14H20O3Si/c1-5-17-14(16)12-8-6-11(7-9-12)13(15)10-18(2,3)4/h6-9H,5,10H2,1-4H3. The summed E-state index contributed by atoms with van der Waals surface area (Å²) in [6, 6.07) is 7.33. The molecule has 4 heteroatoms. The van der Waals surface area contributed by atoms with Gasteiger partial charge in [0.25, 0.3) is 0 Å². The van der Waals surface area contributed by atoms with E-state index in [1.54, 1.807) is 31.2 Å². The number of esters is 1. The van der Waals surface area contributed by atoms with E-state index in [9.17, 15) is 9.59 Å². The van der Waals surface area contributed by atoms with E-state index < -0.39 is 8.07 Å². The molecular formula is C14H20O3Si. The Morgan fingerprint density at radius 3 is 2.00 bits per heavy atom. The van der Waals surface area contributed by atoms with E-state index >= 15 is 0 Å². The third-order valence-corrected chi connectivity index (χ3v) is 3.79. The largest absolute Gasteiger partial charge is 0.462 e. The van der Waals surface area contributed by atoms with Gasteiger partial charge in [-0.2, -0.15) is 0 Å². The summed E-state index contributed by atoms with van der Waals surface area (Å²) in [6.07, 6.45) is 0. The second-order valence-corrected chi connectivity index (χ2v) is 10.9. The van der Waals surface area contributed by atoms with Crippen molar-refractivity contribution in [3.63, 3.8) is 0 Å². The lowest BCUT2D eigenvalue weighted by Gasteiger charge is -2.14. The van der Waals surface area contributed by atoms with Gasteiger partial charge < -0.3 is 4.74 Å². The Labute approximate surface area is 109 Å². The van der Waals surface area contributed by atoms with Gasteiger partial charge in [0.1, 0.15) is 0 Å². The first-order valence-electron chi connectivity index (χ1n) is 6.14. The first-order valence-corrected chi connectivity index (χ1v) is 9.84. The molecule has 0 N–H and O–H groups in total. The third kappa shape index (κ3) is 4.45. The van der Waals surface area contributed by atoms with E-state index in [0.29, 0.717) is 23.8 Å². The molecular weight excluding hydrogens is 244 g/mol. The maximum atomic E-state index is 12.0. The Morgan fingerprint density at radius 2 is 1.56 bits per heavy atom. The van der Waals surface area contributed by atoms with Crippen molar-refractivity contribution in [2.24, 2.45) is 0 Å². The van der Waals surface area contributed by atoms with E-state index in [1.807, 2.05) is 0 Å². The maximum absolute atomic E-state index is 12.0. The van der Waals surface area contributed by atoms with Crippen LogP contribution in [0.15, 0.2) is 24.3 Å². The maximum Gasteiger partial charge on any atom is 0.338 e.